The molecule has 2 aromatic carbocycles. The van der Waals surface area contributed by atoms with Crippen molar-refractivity contribution in [1.29, 1.82) is 0 Å². The Morgan fingerprint density at radius 3 is 2.50 bits per heavy atom. The third kappa shape index (κ3) is 4.35. The highest BCUT2D eigenvalue weighted by atomic mass is 79.9. The van der Waals surface area contributed by atoms with Gasteiger partial charge in [0, 0.05) is 29.4 Å². The number of nitrogens with zero attached hydrogens (tertiary/aromatic N) is 1. The average Bonchev–Trinajstić information content (AvgIpc) is 3.00. The maximum atomic E-state index is 10.3. The SMILES string of the molecule is COc1c(Br)cc2c(cc(C)n2-c2ccccc2)c1OC[C@H](O)CNC(C)C. The first-order valence-corrected chi connectivity index (χ1v) is 10.2. The zero-order valence-corrected chi connectivity index (χ0v) is 18.3. The van der Waals surface area contributed by atoms with Crippen LogP contribution in [-0.2, 0) is 0 Å². The van der Waals surface area contributed by atoms with Gasteiger partial charge in [-0.1, -0.05) is 32.0 Å². The summed E-state index contributed by atoms with van der Waals surface area (Å²) in [6.07, 6.45) is -0.613. The Bertz CT molecular complexity index is 938. The molecule has 0 fully saturated rings. The van der Waals surface area contributed by atoms with E-state index < -0.39 is 6.10 Å². The fourth-order valence-electron chi connectivity index (χ4n) is 3.26. The minimum absolute atomic E-state index is 0.178. The summed E-state index contributed by atoms with van der Waals surface area (Å²) < 4.78 is 14.6. The van der Waals surface area contributed by atoms with Gasteiger partial charge >= 0.3 is 0 Å². The molecule has 2 N–H and O–H groups in total. The van der Waals surface area contributed by atoms with E-state index in [-0.39, 0.29) is 6.61 Å². The number of ether oxygens (including phenoxy) is 2. The summed E-state index contributed by atoms with van der Waals surface area (Å²) in [7, 11) is 1.62. The molecule has 1 atom stereocenters. The number of para-hydroxylation sites is 1. The number of hydrogen-bond acceptors (Lipinski definition) is 4. The quantitative estimate of drug-likeness (QED) is 0.536. The lowest BCUT2D eigenvalue weighted by Gasteiger charge is -2.18. The molecule has 0 unspecified atom stereocenters. The number of hydrogen-bond donors (Lipinski definition) is 2. The predicted octanol–water partition coefficient (Wildman–Crippen LogP) is 4.45. The van der Waals surface area contributed by atoms with Gasteiger partial charge in [0.2, 0.25) is 0 Å². The molecule has 1 aromatic heterocycles. The summed E-state index contributed by atoms with van der Waals surface area (Å²) in [4.78, 5) is 0. The molecule has 5 nitrogen and oxygen atoms in total. The number of benzene rings is 2. The van der Waals surface area contributed by atoms with Crippen molar-refractivity contribution in [3.05, 3.63) is 52.6 Å². The van der Waals surface area contributed by atoms with Crippen LogP contribution in [0.15, 0.2) is 46.9 Å². The molecule has 0 aliphatic rings. The molecular weight excluding hydrogens is 420 g/mol. The fourth-order valence-corrected chi connectivity index (χ4v) is 3.82. The van der Waals surface area contributed by atoms with Crippen LogP contribution < -0.4 is 14.8 Å². The predicted molar refractivity (Wildman–Crippen MR) is 117 cm³/mol. The van der Waals surface area contributed by atoms with Crippen molar-refractivity contribution in [2.24, 2.45) is 0 Å². The van der Waals surface area contributed by atoms with E-state index in [1.165, 1.54) is 0 Å². The zero-order valence-electron chi connectivity index (χ0n) is 16.7. The summed E-state index contributed by atoms with van der Waals surface area (Å²) in [5, 5.41) is 14.4. The number of aliphatic hydroxyl groups excluding tert-OH is 1. The third-order valence-electron chi connectivity index (χ3n) is 4.55. The summed E-state index contributed by atoms with van der Waals surface area (Å²) in [6.45, 7) is 6.81. The number of aryl methyl sites for hydroxylation is 1. The van der Waals surface area contributed by atoms with Gasteiger partial charge in [0.25, 0.3) is 0 Å². The third-order valence-corrected chi connectivity index (χ3v) is 5.14. The lowest BCUT2D eigenvalue weighted by Crippen LogP contribution is -2.35. The van der Waals surface area contributed by atoms with Crippen molar-refractivity contribution >= 4 is 26.8 Å². The number of aromatic nitrogens is 1. The van der Waals surface area contributed by atoms with Gasteiger partial charge in [0.05, 0.1) is 17.1 Å². The average molecular weight is 447 g/mol. The first-order chi connectivity index (χ1) is 13.4. The number of methoxy groups -OCH3 is 1. The standard InChI is InChI=1S/C22H27BrN2O3/c1-14(2)24-12-17(26)13-28-21-18-10-15(3)25(16-8-6-5-7-9-16)20(18)11-19(23)22(21)27-4/h5-11,14,17,24,26H,12-13H2,1-4H3/t17-/m1/s1. The topological polar surface area (TPSA) is 55.7 Å². The van der Waals surface area contributed by atoms with E-state index in [4.69, 9.17) is 9.47 Å². The van der Waals surface area contributed by atoms with Gasteiger partial charge in [-0.15, -0.1) is 0 Å². The molecule has 0 saturated carbocycles. The summed E-state index contributed by atoms with van der Waals surface area (Å²) >= 11 is 3.61. The monoisotopic (exact) mass is 446 g/mol. The Balaban J connectivity index is 2.01. The maximum absolute atomic E-state index is 10.3. The minimum atomic E-state index is -0.613. The molecule has 0 spiro atoms. The molecule has 6 heteroatoms. The van der Waals surface area contributed by atoms with E-state index in [1.54, 1.807) is 7.11 Å². The minimum Gasteiger partial charge on any atom is -0.492 e. The number of halogens is 1. The Morgan fingerprint density at radius 2 is 1.86 bits per heavy atom. The Labute approximate surface area is 174 Å². The van der Waals surface area contributed by atoms with Crippen molar-refractivity contribution in [2.75, 3.05) is 20.3 Å². The summed E-state index contributed by atoms with van der Waals surface area (Å²) in [5.74, 6) is 1.26. The smallest absolute Gasteiger partial charge is 0.175 e. The number of aliphatic hydroxyl groups is 1. The highest BCUT2D eigenvalue weighted by molar-refractivity contribution is 9.10. The molecule has 1 heterocycles. The first kappa shape index (κ1) is 20.7. The van der Waals surface area contributed by atoms with Gasteiger partial charge < -0.3 is 24.5 Å². The van der Waals surface area contributed by atoms with Crippen LogP contribution >= 0.6 is 15.9 Å². The molecular formula is C22H27BrN2O3. The molecule has 3 aromatic rings. The molecule has 0 aliphatic carbocycles. The van der Waals surface area contributed by atoms with Crippen LogP contribution in [0.5, 0.6) is 11.5 Å². The molecule has 28 heavy (non-hydrogen) atoms. The van der Waals surface area contributed by atoms with E-state index in [1.807, 2.05) is 38.1 Å². The lowest BCUT2D eigenvalue weighted by molar-refractivity contribution is 0.104. The van der Waals surface area contributed by atoms with Gasteiger partial charge in [-0.3, -0.25) is 0 Å². The van der Waals surface area contributed by atoms with E-state index in [0.717, 1.165) is 26.8 Å². The van der Waals surface area contributed by atoms with Crippen molar-refractivity contribution in [2.45, 2.75) is 32.9 Å². The number of fused-ring (bicyclic) bond motifs is 1. The van der Waals surface area contributed by atoms with Crippen molar-refractivity contribution in [1.82, 2.24) is 9.88 Å². The molecule has 0 bridgehead atoms. The van der Waals surface area contributed by atoms with Crippen LogP contribution in [0.4, 0.5) is 0 Å². The van der Waals surface area contributed by atoms with Gasteiger partial charge in [-0.05, 0) is 47.1 Å². The highest BCUT2D eigenvalue weighted by Gasteiger charge is 2.20. The van der Waals surface area contributed by atoms with E-state index in [2.05, 4.69) is 50.9 Å². The summed E-state index contributed by atoms with van der Waals surface area (Å²) in [6, 6.07) is 14.6. The van der Waals surface area contributed by atoms with Gasteiger partial charge in [-0.2, -0.15) is 0 Å². The fraction of sp³-hybridized carbons (Fsp3) is 0.364. The Kier molecular flexibility index (Phi) is 6.65. The van der Waals surface area contributed by atoms with Crippen molar-refractivity contribution in [3.63, 3.8) is 0 Å². The van der Waals surface area contributed by atoms with Crippen molar-refractivity contribution < 1.29 is 14.6 Å². The van der Waals surface area contributed by atoms with Crippen LogP contribution in [0.1, 0.15) is 19.5 Å². The van der Waals surface area contributed by atoms with Crippen LogP contribution in [0, 0.1) is 6.92 Å². The largest absolute Gasteiger partial charge is 0.492 e. The normalized spacial score (nSPS) is 12.5. The van der Waals surface area contributed by atoms with E-state index in [0.29, 0.717) is 24.1 Å². The van der Waals surface area contributed by atoms with E-state index in [9.17, 15) is 5.11 Å². The number of nitrogens with one attached hydrogen (secondary N) is 1. The Hall–Kier alpha value is -2.02. The molecule has 3 rings (SSSR count). The molecule has 0 aliphatic heterocycles. The Morgan fingerprint density at radius 1 is 1.14 bits per heavy atom. The molecule has 0 radical (unpaired) electrons. The lowest BCUT2D eigenvalue weighted by atomic mass is 10.2. The molecule has 150 valence electrons. The van der Waals surface area contributed by atoms with E-state index >= 15 is 0 Å². The molecule has 0 amide bonds. The highest BCUT2D eigenvalue weighted by Crippen LogP contribution is 2.43. The second kappa shape index (κ2) is 8.99. The van der Waals surface area contributed by atoms with Crippen molar-refractivity contribution in [3.8, 4) is 17.2 Å². The van der Waals surface area contributed by atoms with Gasteiger partial charge in [0.1, 0.15) is 12.7 Å². The number of rotatable bonds is 8. The maximum Gasteiger partial charge on any atom is 0.175 e. The first-order valence-electron chi connectivity index (χ1n) is 9.40. The van der Waals surface area contributed by atoms with Crippen LogP contribution in [-0.4, -0.2) is 42.1 Å². The van der Waals surface area contributed by atoms with Gasteiger partial charge in [0.15, 0.2) is 11.5 Å². The second-order valence-electron chi connectivity index (χ2n) is 7.14. The van der Waals surface area contributed by atoms with Crippen LogP contribution in [0.2, 0.25) is 0 Å². The second-order valence-corrected chi connectivity index (χ2v) is 7.99. The van der Waals surface area contributed by atoms with Crippen LogP contribution in [0.25, 0.3) is 16.6 Å². The zero-order chi connectivity index (χ0) is 20.3. The molecule has 0 saturated heterocycles. The van der Waals surface area contributed by atoms with Gasteiger partial charge in [-0.25, -0.2) is 0 Å². The summed E-state index contributed by atoms with van der Waals surface area (Å²) in [5.41, 5.74) is 3.19. The van der Waals surface area contributed by atoms with Crippen LogP contribution in [0.3, 0.4) is 0 Å².